The Bertz CT molecular complexity index is 433. The van der Waals surface area contributed by atoms with Crippen LogP contribution in [-0.4, -0.2) is 37.1 Å². The lowest BCUT2D eigenvalue weighted by atomic mass is 10.1. The van der Waals surface area contributed by atoms with E-state index in [1.807, 2.05) is 6.92 Å². The second-order valence-corrected chi connectivity index (χ2v) is 5.83. The number of nitrogens with zero attached hydrogens (tertiary/aromatic N) is 2. The molecule has 1 aliphatic heterocycles. The predicted octanol–water partition coefficient (Wildman–Crippen LogP) is 2.89. The number of halogens is 1. The third kappa shape index (κ3) is 3.22. The summed E-state index contributed by atoms with van der Waals surface area (Å²) in [6.45, 7) is 10.8. The quantitative estimate of drug-likeness (QED) is 0.925. The van der Waals surface area contributed by atoms with Crippen molar-refractivity contribution in [3.8, 4) is 0 Å². The van der Waals surface area contributed by atoms with E-state index in [-0.39, 0.29) is 6.04 Å². The number of anilines is 1. The first-order chi connectivity index (χ1) is 9.02. The summed E-state index contributed by atoms with van der Waals surface area (Å²) in [5.41, 5.74) is 8.12. The fraction of sp³-hybridized carbons (Fsp3) is 0.600. The van der Waals surface area contributed by atoms with Crippen LogP contribution < -0.4 is 10.6 Å². The summed E-state index contributed by atoms with van der Waals surface area (Å²) in [7, 11) is 0. The molecule has 3 nitrogen and oxygen atoms in total. The molecule has 0 spiro atoms. The molecule has 0 bridgehead atoms. The van der Waals surface area contributed by atoms with Crippen molar-refractivity contribution in [2.75, 3.05) is 31.1 Å². The zero-order chi connectivity index (χ0) is 14.0. The maximum Gasteiger partial charge on any atom is 0.0474 e. The van der Waals surface area contributed by atoms with Gasteiger partial charge in [0.2, 0.25) is 0 Å². The van der Waals surface area contributed by atoms with Crippen LogP contribution in [-0.2, 0) is 0 Å². The summed E-state index contributed by atoms with van der Waals surface area (Å²) in [6.07, 6.45) is 0. The third-order valence-corrected chi connectivity index (χ3v) is 4.34. The second kappa shape index (κ2) is 6.12. The minimum Gasteiger partial charge on any atom is -0.369 e. The molecule has 4 heteroatoms. The van der Waals surface area contributed by atoms with Crippen molar-refractivity contribution < 1.29 is 0 Å². The summed E-state index contributed by atoms with van der Waals surface area (Å²) in [5.74, 6) is 0. The van der Waals surface area contributed by atoms with Crippen LogP contribution in [0, 0.1) is 0 Å². The first kappa shape index (κ1) is 14.6. The van der Waals surface area contributed by atoms with Gasteiger partial charge < -0.3 is 10.6 Å². The van der Waals surface area contributed by atoms with Gasteiger partial charge in [-0.05, 0) is 38.1 Å². The molecule has 0 amide bonds. The molecule has 106 valence electrons. The van der Waals surface area contributed by atoms with Crippen molar-refractivity contribution in [1.29, 1.82) is 0 Å². The first-order valence-electron chi connectivity index (χ1n) is 7.07. The third-order valence-electron chi connectivity index (χ3n) is 4.01. The van der Waals surface area contributed by atoms with Gasteiger partial charge in [0.05, 0.1) is 0 Å². The first-order valence-corrected chi connectivity index (χ1v) is 7.44. The van der Waals surface area contributed by atoms with E-state index in [0.29, 0.717) is 6.04 Å². The van der Waals surface area contributed by atoms with Crippen molar-refractivity contribution in [3.05, 3.63) is 28.8 Å². The molecule has 1 aliphatic rings. The maximum atomic E-state index is 6.32. The van der Waals surface area contributed by atoms with Gasteiger partial charge in [-0.3, -0.25) is 4.90 Å². The average molecular weight is 282 g/mol. The molecule has 1 fully saturated rings. The van der Waals surface area contributed by atoms with Crippen LogP contribution >= 0.6 is 11.6 Å². The number of hydrogen-bond donors (Lipinski definition) is 1. The van der Waals surface area contributed by atoms with Crippen LogP contribution in [0.5, 0.6) is 0 Å². The lowest BCUT2D eigenvalue weighted by Crippen LogP contribution is -2.51. The van der Waals surface area contributed by atoms with Gasteiger partial charge in [-0.15, -0.1) is 0 Å². The zero-order valence-corrected chi connectivity index (χ0v) is 12.8. The summed E-state index contributed by atoms with van der Waals surface area (Å²) in [4.78, 5) is 4.92. The molecule has 0 aliphatic carbocycles. The molecule has 0 radical (unpaired) electrons. The van der Waals surface area contributed by atoms with Crippen LogP contribution in [0.25, 0.3) is 0 Å². The number of rotatable bonds is 3. The van der Waals surface area contributed by atoms with Gasteiger partial charge in [0.25, 0.3) is 0 Å². The molecule has 1 saturated heterocycles. The molecule has 19 heavy (non-hydrogen) atoms. The predicted molar refractivity (Wildman–Crippen MR) is 83.0 cm³/mol. The van der Waals surface area contributed by atoms with Gasteiger partial charge in [0.1, 0.15) is 0 Å². The van der Waals surface area contributed by atoms with Crippen molar-refractivity contribution >= 4 is 17.3 Å². The van der Waals surface area contributed by atoms with Crippen molar-refractivity contribution in [3.63, 3.8) is 0 Å². The highest BCUT2D eigenvalue weighted by Crippen LogP contribution is 2.28. The van der Waals surface area contributed by atoms with Crippen LogP contribution in [0.2, 0.25) is 5.02 Å². The van der Waals surface area contributed by atoms with Gasteiger partial charge >= 0.3 is 0 Å². The van der Waals surface area contributed by atoms with Gasteiger partial charge in [-0.1, -0.05) is 24.6 Å². The molecule has 2 rings (SSSR count). The highest BCUT2D eigenvalue weighted by Gasteiger charge is 2.22. The van der Waals surface area contributed by atoms with Crippen molar-refractivity contribution in [2.24, 2.45) is 5.73 Å². The Morgan fingerprint density at radius 1 is 1.42 bits per heavy atom. The Balaban J connectivity index is 2.13. The number of hydrogen-bond acceptors (Lipinski definition) is 3. The van der Waals surface area contributed by atoms with E-state index in [1.54, 1.807) is 0 Å². The largest absolute Gasteiger partial charge is 0.369 e. The number of nitrogens with two attached hydrogens (primary N) is 1. The Morgan fingerprint density at radius 3 is 2.68 bits per heavy atom. The second-order valence-electron chi connectivity index (χ2n) is 5.42. The highest BCUT2D eigenvalue weighted by molar-refractivity contribution is 6.31. The van der Waals surface area contributed by atoms with Crippen molar-refractivity contribution in [2.45, 2.75) is 32.9 Å². The fourth-order valence-corrected chi connectivity index (χ4v) is 3.13. The molecule has 1 aromatic rings. The van der Waals surface area contributed by atoms with Gasteiger partial charge in [0, 0.05) is 42.4 Å². The molecule has 1 aromatic carbocycles. The maximum absolute atomic E-state index is 6.32. The van der Waals surface area contributed by atoms with Crippen LogP contribution in [0.15, 0.2) is 18.2 Å². The van der Waals surface area contributed by atoms with Gasteiger partial charge in [-0.2, -0.15) is 0 Å². The minimum absolute atomic E-state index is 0.0163. The molecular weight excluding hydrogens is 258 g/mol. The van der Waals surface area contributed by atoms with E-state index >= 15 is 0 Å². The Hall–Kier alpha value is -0.770. The summed E-state index contributed by atoms with van der Waals surface area (Å²) < 4.78 is 0. The summed E-state index contributed by atoms with van der Waals surface area (Å²) in [5, 5.41) is 0.776. The van der Waals surface area contributed by atoms with E-state index in [9.17, 15) is 0 Å². The standard InChI is InChI=1S/C15H24ClN3/c1-4-18-7-8-19(10-11(18)2)13-5-6-14(12(3)17)15(16)9-13/h5-6,9,11-12H,4,7-8,10,17H2,1-3H3. The highest BCUT2D eigenvalue weighted by atomic mass is 35.5. The average Bonchev–Trinajstić information content (AvgIpc) is 2.38. The van der Waals surface area contributed by atoms with Crippen LogP contribution in [0.4, 0.5) is 5.69 Å². The van der Waals surface area contributed by atoms with Crippen LogP contribution in [0.1, 0.15) is 32.4 Å². The number of benzene rings is 1. The molecule has 2 N–H and O–H groups in total. The fourth-order valence-electron chi connectivity index (χ4n) is 2.78. The minimum atomic E-state index is -0.0163. The van der Waals surface area contributed by atoms with E-state index in [0.717, 1.165) is 36.8 Å². The van der Waals surface area contributed by atoms with Crippen LogP contribution in [0.3, 0.4) is 0 Å². The van der Waals surface area contributed by atoms with Crippen molar-refractivity contribution in [1.82, 2.24) is 4.90 Å². The number of piperazine rings is 1. The molecule has 1 heterocycles. The lowest BCUT2D eigenvalue weighted by molar-refractivity contribution is 0.199. The smallest absolute Gasteiger partial charge is 0.0474 e. The van der Waals surface area contributed by atoms with E-state index < -0.39 is 0 Å². The topological polar surface area (TPSA) is 32.5 Å². The lowest BCUT2D eigenvalue weighted by Gasteiger charge is -2.40. The normalized spacial score (nSPS) is 22.6. The SMILES string of the molecule is CCN1CCN(c2ccc(C(C)N)c(Cl)c2)CC1C. The Morgan fingerprint density at radius 2 is 2.16 bits per heavy atom. The van der Waals surface area contributed by atoms with E-state index in [4.69, 9.17) is 17.3 Å². The Kier molecular flexibility index (Phi) is 4.71. The molecular formula is C15H24ClN3. The molecule has 0 saturated carbocycles. The summed E-state index contributed by atoms with van der Waals surface area (Å²) >= 11 is 6.32. The van der Waals surface area contributed by atoms with E-state index in [1.165, 1.54) is 5.69 Å². The molecule has 2 atom stereocenters. The monoisotopic (exact) mass is 281 g/mol. The van der Waals surface area contributed by atoms with E-state index in [2.05, 4.69) is 41.8 Å². The molecule has 2 unspecified atom stereocenters. The van der Waals surface area contributed by atoms with Gasteiger partial charge in [-0.25, -0.2) is 0 Å². The Labute approximate surface area is 121 Å². The number of likely N-dealkylation sites (N-methyl/N-ethyl adjacent to an activating group) is 1. The van der Waals surface area contributed by atoms with Gasteiger partial charge in [0.15, 0.2) is 0 Å². The zero-order valence-electron chi connectivity index (χ0n) is 12.1. The molecule has 0 aromatic heterocycles. The summed E-state index contributed by atoms with van der Waals surface area (Å²) in [6, 6.07) is 6.81.